The number of carbonyl (C=O) groups excluding carboxylic acids is 3. The minimum Gasteiger partial charge on any atom is -0.336 e. The summed E-state index contributed by atoms with van der Waals surface area (Å²) in [7, 11) is 0. The Morgan fingerprint density at radius 3 is 2.88 bits per heavy atom. The van der Waals surface area contributed by atoms with Crippen molar-refractivity contribution in [3.8, 4) is 0 Å². The van der Waals surface area contributed by atoms with Crippen LogP contribution in [0.1, 0.15) is 22.3 Å². The van der Waals surface area contributed by atoms with Gasteiger partial charge >= 0.3 is 0 Å². The third-order valence-electron chi connectivity index (χ3n) is 4.81. The van der Waals surface area contributed by atoms with Crippen LogP contribution in [0.5, 0.6) is 0 Å². The first-order valence-corrected chi connectivity index (χ1v) is 9.16. The molecular formula is C18H17N3O3S. The summed E-state index contributed by atoms with van der Waals surface area (Å²) in [5.74, 6) is -0.0126. The minimum atomic E-state index is -0.206. The SMILES string of the molecule is Cc1ccnc2ccc(C(=O)N3CCC(N4C(=O)CSC4=O)C3)cc12. The van der Waals surface area contributed by atoms with Crippen molar-refractivity contribution in [3.05, 3.63) is 41.6 Å². The Morgan fingerprint density at radius 1 is 1.28 bits per heavy atom. The predicted molar refractivity (Wildman–Crippen MR) is 95.5 cm³/mol. The molecule has 0 radical (unpaired) electrons. The molecule has 2 saturated heterocycles. The topological polar surface area (TPSA) is 70.6 Å². The molecule has 3 heterocycles. The molecule has 3 amide bonds. The molecule has 1 unspecified atom stereocenters. The fourth-order valence-electron chi connectivity index (χ4n) is 3.45. The molecule has 2 aliphatic rings. The molecule has 25 heavy (non-hydrogen) atoms. The molecule has 1 aromatic heterocycles. The Labute approximate surface area is 149 Å². The number of imide groups is 1. The highest BCUT2D eigenvalue weighted by atomic mass is 32.2. The van der Waals surface area contributed by atoms with Gasteiger partial charge in [-0.2, -0.15) is 0 Å². The molecule has 0 saturated carbocycles. The number of pyridine rings is 1. The number of carbonyl (C=O) groups is 3. The van der Waals surface area contributed by atoms with Crippen LogP contribution in [-0.2, 0) is 4.79 Å². The number of aryl methyl sites for hydroxylation is 1. The van der Waals surface area contributed by atoms with Crippen molar-refractivity contribution in [2.45, 2.75) is 19.4 Å². The highest BCUT2D eigenvalue weighted by Crippen LogP contribution is 2.27. The molecule has 2 aromatic rings. The molecule has 1 atom stereocenters. The van der Waals surface area contributed by atoms with E-state index in [1.165, 1.54) is 4.90 Å². The number of thioether (sulfide) groups is 1. The standard InChI is InChI=1S/C18H17N3O3S/c1-11-4-6-19-15-3-2-12(8-14(11)15)17(23)20-7-5-13(9-20)21-16(22)10-25-18(21)24/h2-4,6,8,13H,5,7,9-10H2,1H3. The summed E-state index contributed by atoms with van der Waals surface area (Å²) in [5.41, 5.74) is 2.54. The Kier molecular flexibility index (Phi) is 3.95. The van der Waals surface area contributed by atoms with Gasteiger partial charge in [0.05, 0.1) is 17.3 Å². The number of benzene rings is 1. The second-order valence-electron chi connectivity index (χ2n) is 6.37. The quantitative estimate of drug-likeness (QED) is 0.828. The summed E-state index contributed by atoms with van der Waals surface area (Å²) in [4.78, 5) is 43.9. The molecule has 0 spiro atoms. The summed E-state index contributed by atoms with van der Waals surface area (Å²) in [6, 6.07) is 7.22. The van der Waals surface area contributed by atoms with E-state index in [2.05, 4.69) is 4.98 Å². The number of hydrogen-bond donors (Lipinski definition) is 0. The lowest BCUT2D eigenvalue weighted by atomic mass is 10.1. The van der Waals surface area contributed by atoms with E-state index in [0.29, 0.717) is 25.1 Å². The minimum absolute atomic E-state index is 0.0700. The van der Waals surface area contributed by atoms with Gasteiger partial charge in [0.25, 0.3) is 11.1 Å². The third kappa shape index (κ3) is 2.78. The van der Waals surface area contributed by atoms with Crippen LogP contribution in [0.3, 0.4) is 0 Å². The smallest absolute Gasteiger partial charge is 0.289 e. The molecule has 0 aliphatic carbocycles. The average molecular weight is 355 g/mol. The van der Waals surface area contributed by atoms with E-state index in [0.717, 1.165) is 28.2 Å². The van der Waals surface area contributed by atoms with Gasteiger partial charge < -0.3 is 4.90 Å². The first kappa shape index (κ1) is 16.1. The van der Waals surface area contributed by atoms with Gasteiger partial charge in [-0.3, -0.25) is 24.3 Å². The van der Waals surface area contributed by atoms with E-state index in [4.69, 9.17) is 0 Å². The van der Waals surface area contributed by atoms with Gasteiger partial charge in [0, 0.05) is 30.2 Å². The summed E-state index contributed by atoms with van der Waals surface area (Å²) >= 11 is 1.04. The van der Waals surface area contributed by atoms with Crippen molar-refractivity contribution in [1.82, 2.24) is 14.8 Å². The first-order chi connectivity index (χ1) is 12.0. The average Bonchev–Trinajstić information content (AvgIpc) is 3.21. The van der Waals surface area contributed by atoms with E-state index in [-0.39, 0.29) is 28.8 Å². The highest BCUT2D eigenvalue weighted by molar-refractivity contribution is 8.14. The zero-order valence-electron chi connectivity index (χ0n) is 13.8. The van der Waals surface area contributed by atoms with Crippen molar-refractivity contribution < 1.29 is 14.4 Å². The number of amides is 3. The van der Waals surface area contributed by atoms with Crippen molar-refractivity contribution in [2.75, 3.05) is 18.8 Å². The maximum Gasteiger partial charge on any atom is 0.289 e. The van der Waals surface area contributed by atoms with Crippen molar-refractivity contribution in [2.24, 2.45) is 0 Å². The molecular weight excluding hydrogens is 338 g/mol. The number of rotatable bonds is 2. The van der Waals surface area contributed by atoms with Crippen LogP contribution in [0, 0.1) is 6.92 Å². The monoisotopic (exact) mass is 355 g/mol. The van der Waals surface area contributed by atoms with Gasteiger partial charge in [-0.25, -0.2) is 0 Å². The van der Waals surface area contributed by atoms with E-state index in [9.17, 15) is 14.4 Å². The number of hydrogen-bond acceptors (Lipinski definition) is 5. The Morgan fingerprint density at radius 2 is 2.12 bits per heavy atom. The Balaban J connectivity index is 1.55. The van der Waals surface area contributed by atoms with Crippen LogP contribution in [-0.4, -0.2) is 56.7 Å². The van der Waals surface area contributed by atoms with Gasteiger partial charge in [0.15, 0.2) is 0 Å². The molecule has 2 fully saturated rings. The van der Waals surface area contributed by atoms with E-state index in [1.54, 1.807) is 17.2 Å². The van der Waals surface area contributed by atoms with Crippen LogP contribution in [0.2, 0.25) is 0 Å². The normalized spacial score (nSPS) is 20.8. The molecule has 1 aromatic carbocycles. The number of likely N-dealkylation sites (tertiary alicyclic amines) is 1. The van der Waals surface area contributed by atoms with Crippen molar-refractivity contribution in [1.29, 1.82) is 0 Å². The molecule has 0 N–H and O–H groups in total. The van der Waals surface area contributed by atoms with Crippen LogP contribution in [0.4, 0.5) is 4.79 Å². The molecule has 128 valence electrons. The summed E-state index contributed by atoms with van der Waals surface area (Å²) in [5, 5.41) is 0.766. The fourth-order valence-corrected chi connectivity index (χ4v) is 4.23. The van der Waals surface area contributed by atoms with Crippen LogP contribution in [0.15, 0.2) is 30.5 Å². The lowest BCUT2D eigenvalue weighted by Gasteiger charge is -2.22. The number of nitrogens with zero attached hydrogens (tertiary/aromatic N) is 3. The molecule has 2 aliphatic heterocycles. The summed E-state index contributed by atoms with van der Waals surface area (Å²) < 4.78 is 0. The van der Waals surface area contributed by atoms with Crippen molar-refractivity contribution in [3.63, 3.8) is 0 Å². The zero-order valence-corrected chi connectivity index (χ0v) is 14.6. The van der Waals surface area contributed by atoms with E-state index < -0.39 is 0 Å². The second kappa shape index (κ2) is 6.15. The van der Waals surface area contributed by atoms with E-state index in [1.807, 2.05) is 25.1 Å². The predicted octanol–water partition coefficient (Wildman–Crippen LogP) is 2.45. The van der Waals surface area contributed by atoms with Crippen LogP contribution < -0.4 is 0 Å². The molecule has 0 bridgehead atoms. The second-order valence-corrected chi connectivity index (χ2v) is 7.30. The van der Waals surface area contributed by atoms with Crippen LogP contribution >= 0.6 is 11.8 Å². The van der Waals surface area contributed by atoms with Gasteiger partial charge in [0.1, 0.15) is 0 Å². The summed E-state index contributed by atoms with van der Waals surface area (Å²) in [6.45, 7) is 2.95. The maximum atomic E-state index is 12.8. The molecule has 6 nitrogen and oxygen atoms in total. The lowest BCUT2D eigenvalue weighted by molar-refractivity contribution is -0.126. The number of aromatic nitrogens is 1. The maximum absolute atomic E-state index is 12.8. The number of fused-ring (bicyclic) bond motifs is 1. The highest BCUT2D eigenvalue weighted by Gasteiger charge is 2.40. The fraction of sp³-hybridized carbons (Fsp3) is 0.333. The lowest BCUT2D eigenvalue weighted by Crippen LogP contribution is -2.41. The Bertz CT molecular complexity index is 882. The third-order valence-corrected chi connectivity index (χ3v) is 5.64. The largest absolute Gasteiger partial charge is 0.336 e. The molecule has 7 heteroatoms. The Hall–Kier alpha value is -2.41. The van der Waals surface area contributed by atoms with Gasteiger partial charge in [0.2, 0.25) is 5.91 Å². The van der Waals surface area contributed by atoms with Gasteiger partial charge in [-0.1, -0.05) is 11.8 Å². The zero-order chi connectivity index (χ0) is 17.6. The molecule has 4 rings (SSSR count). The van der Waals surface area contributed by atoms with Gasteiger partial charge in [-0.05, 0) is 43.2 Å². The first-order valence-electron chi connectivity index (χ1n) is 8.18. The van der Waals surface area contributed by atoms with Gasteiger partial charge in [-0.15, -0.1) is 0 Å². The van der Waals surface area contributed by atoms with E-state index >= 15 is 0 Å². The van der Waals surface area contributed by atoms with Crippen molar-refractivity contribution >= 4 is 39.7 Å². The van der Waals surface area contributed by atoms with Crippen LogP contribution in [0.25, 0.3) is 10.9 Å². The summed E-state index contributed by atoms with van der Waals surface area (Å²) in [6.07, 6.45) is 2.39.